The molecule has 0 saturated heterocycles. The van der Waals surface area contributed by atoms with E-state index in [2.05, 4.69) is 20.4 Å². The quantitative estimate of drug-likeness (QED) is 0.895. The number of carbonyl (C=O) groups is 1. The molecule has 0 aliphatic heterocycles. The average molecular weight is 313 g/mol. The van der Waals surface area contributed by atoms with Crippen LogP contribution in [0.5, 0.6) is 0 Å². The minimum Gasteiger partial charge on any atom is -0.349 e. The SMILES string of the molecule is Cc1cnc(C(=O)NCCn2nc3c(cc2=O)CCCC3)cn1. The molecule has 120 valence electrons. The third-order valence-electron chi connectivity index (χ3n) is 3.90. The van der Waals surface area contributed by atoms with Crippen LogP contribution in [0, 0.1) is 6.92 Å². The summed E-state index contributed by atoms with van der Waals surface area (Å²) in [5.74, 6) is -0.302. The highest BCUT2D eigenvalue weighted by Crippen LogP contribution is 2.16. The molecule has 0 bridgehead atoms. The fraction of sp³-hybridized carbons (Fsp3) is 0.438. The second-order valence-electron chi connectivity index (χ2n) is 5.68. The van der Waals surface area contributed by atoms with Crippen molar-refractivity contribution in [2.45, 2.75) is 39.2 Å². The summed E-state index contributed by atoms with van der Waals surface area (Å²) in [4.78, 5) is 32.0. The molecule has 0 spiro atoms. The predicted octanol–water partition coefficient (Wildman–Crippen LogP) is 0.651. The van der Waals surface area contributed by atoms with Crippen molar-refractivity contribution >= 4 is 5.91 Å². The van der Waals surface area contributed by atoms with Gasteiger partial charge >= 0.3 is 0 Å². The topological polar surface area (TPSA) is 89.8 Å². The Morgan fingerprint density at radius 3 is 2.87 bits per heavy atom. The van der Waals surface area contributed by atoms with Gasteiger partial charge in [-0.05, 0) is 38.2 Å². The number of hydrogen-bond donors (Lipinski definition) is 1. The summed E-state index contributed by atoms with van der Waals surface area (Å²) in [6.07, 6.45) is 7.06. The van der Waals surface area contributed by atoms with E-state index in [0.717, 1.165) is 42.6 Å². The van der Waals surface area contributed by atoms with Crippen LogP contribution in [0.15, 0.2) is 23.3 Å². The normalized spacial score (nSPS) is 13.4. The first kappa shape index (κ1) is 15.3. The molecule has 2 aromatic heterocycles. The lowest BCUT2D eigenvalue weighted by Crippen LogP contribution is -2.33. The van der Waals surface area contributed by atoms with E-state index in [1.807, 2.05) is 6.92 Å². The molecule has 0 aromatic carbocycles. The first-order valence-electron chi connectivity index (χ1n) is 7.80. The Hall–Kier alpha value is -2.57. The number of rotatable bonds is 4. The lowest BCUT2D eigenvalue weighted by Gasteiger charge is -2.15. The average Bonchev–Trinajstić information content (AvgIpc) is 2.56. The molecule has 0 saturated carbocycles. The summed E-state index contributed by atoms with van der Waals surface area (Å²) < 4.78 is 1.42. The standard InChI is InChI=1S/C16H19N5O2/c1-11-9-19-14(10-18-11)16(23)17-6-7-21-15(22)8-12-4-2-3-5-13(12)20-21/h8-10H,2-7H2,1H3,(H,17,23). The second-order valence-corrected chi connectivity index (χ2v) is 5.68. The molecule has 2 aromatic rings. The highest BCUT2D eigenvalue weighted by atomic mass is 16.2. The van der Waals surface area contributed by atoms with E-state index in [9.17, 15) is 9.59 Å². The summed E-state index contributed by atoms with van der Waals surface area (Å²) in [6, 6.07) is 1.68. The van der Waals surface area contributed by atoms with Crippen molar-refractivity contribution in [2.24, 2.45) is 0 Å². The van der Waals surface area contributed by atoms with Crippen molar-refractivity contribution in [3.05, 3.63) is 51.5 Å². The summed E-state index contributed by atoms with van der Waals surface area (Å²) in [5, 5.41) is 7.15. The number of hydrogen-bond acceptors (Lipinski definition) is 5. The molecule has 0 fully saturated rings. The monoisotopic (exact) mass is 313 g/mol. The number of aromatic nitrogens is 4. The van der Waals surface area contributed by atoms with Crippen LogP contribution in [0.3, 0.4) is 0 Å². The molecule has 0 radical (unpaired) electrons. The Labute approximate surface area is 133 Å². The molecule has 1 aliphatic carbocycles. The molecule has 1 N–H and O–H groups in total. The fourth-order valence-electron chi connectivity index (χ4n) is 2.64. The molecule has 7 nitrogen and oxygen atoms in total. The molecule has 2 heterocycles. The Balaban J connectivity index is 1.61. The third kappa shape index (κ3) is 3.61. The zero-order valence-electron chi connectivity index (χ0n) is 13.1. The van der Waals surface area contributed by atoms with Gasteiger partial charge < -0.3 is 5.32 Å². The van der Waals surface area contributed by atoms with E-state index in [1.54, 1.807) is 12.3 Å². The molecule has 1 aliphatic rings. The van der Waals surface area contributed by atoms with Gasteiger partial charge in [0.25, 0.3) is 11.5 Å². The number of carbonyl (C=O) groups excluding carboxylic acids is 1. The van der Waals surface area contributed by atoms with Crippen molar-refractivity contribution in [1.29, 1.82) is 0 Å². The maximum absolute atomic E-state index is 12.0. The Kier molecular flexibility index (Phi) is 4.45. The lowest BCUT2D eigenvalue weighted by atomic mass is 9.97. The molecular formula is C16H19N5O2. The first-order valence-corrected chi connectivity index (χ1v) is 7.80. The number of fused-ring (bicyclic) bond motifs is 1. The minimum absolute atomic E-state index is 0.116. The molecule has 23 heavy (non-hydrogen) atoms. The molecular weight excluding hydrogens is 294 g/mol. The van der Waals surface area contributed by atoms with Crippen LogP contribution < -0.4 is 10.9 Å². The van der Waals surface area contributed by atoms with Gasteiger partial charge in [-0.1, -0.05) is 0 Å². The van der Waals surface area contributed by atoms with Gasteiger partial charge in [0.15, 0.2) is 0 Å². The fourth-order valence-corrected chi connectivity index (χ4v) is 2.64. The summed E-state index contributed by atoms with van der Waals surface area (Å²) in [6.45, 7) is 2.47. The summed E-state index contributed by atoms with van der Waals surface area (Å²) in [7, 11) is 0. The van der Waals surface area contributed by atoms with Gasteiger partial charge in [0, 0.05) is 18.8 Å². The predicted molar refractivity (Wildman–Crippen MR) is 84.2 cm³/mol. The van der Waals surface area contributed by atoms with Crippen LogP contribution in [0.1, 0.15) is 40.3 Å². The van der Waals surface area contributed by atoms with E-state index < -0.39 is 0 Å². The molecule has 7 heteroatoms. The molecule has 0 unspecified atom stereocenters. The number of aryl methyl sites for hydroxylation is 3. The van der Waals surface area contributed by atoms with E-state index in [4.69, 9.17) is 0 Å². The zero-order chi connectivity index (χ0) is 16.2. The van der Waals surface area contributed by atoms with Gasteiger partial charge in [-0.25, -0.2) is 9.67 Å². The van der Waals surface area contributed by atoms with Gasteiger partial charge in [0.1, 0.15) is 5.69 Å². The third-order valence-corrected chi connectivity index (χ3v) is 3.90. The first-order chi connectivity index (χ1) is 11.1. The van der Waals surface area contributed by atoms with E-state index in [-0.39, 0.29) is 17.2 Å². The number of nitrogens with one attached hydrogen (secondary N) is 1. The van der Waals surface area contributed by atoms with Gasteiger partial charge in [-0.3, -0.25) is 14.6 Å². The van der Waals surface area contributed by atoms with Crippen LogP contribution in [0.4, 0.5) is 0 Å². The molecule has 0 atom stereocenters. The van der Waals surface area contributed by atoms with E-state index in [1.165, 1.54) is 10.9 Å². The van der Waals surface area contributed by atoms with Crippen molar-refractivity contribution < 1.29 is 4.79 Å². The maximum atomic E-state index is 12.0. The van der Waals surface area contributed by atoms with Crippen LogP contribution in [-0.4, -0.2) is 32.2 Å². The Morgan fingerprint density at radius 1 is 1.26 bits per heavy atom. The van der Waals surface area contributed by atoms with Crippen molar-refractivity contribution in [3.63, 3.8) is 0 Å². The number of nitrogens with zero attached hydrogens (tertiary/aromatic N) is 4. The second kappa shape index (κ2) is 6.68. The van der Waals surface area contributed by atoms with Crippen LogP contribution in [-0.2, 0) is 19.4 Å². The van der Waals surface area contributed by atoms with E-state index >= 15 is 0 Å². The van der Waals surface area contributed by atoms with Gasteiger partial charge in [-0.15, -0.1) is 0 Å². The van der Waals surface area contributed by atoms with E-state index in [0.29, 0.717) is 13.1 Å². The Morgan fingerprint density at radius 2 is 2.09 bits per heavy atom. The van der Waals surface area contributed by atoms with Crippen LogP contribution in [0.25, 0.3) is 0 Å². The smallest absolute Gasteiger partial charge is 0.271 e. The highest BCUT2D eigenvalue weighted by molar-refractivity contribution is 5.91. The van der Waals surface area contributed by atoms with Crippen LogP contribution in [0.2, 0.25) is 0 Å². The Bertz CT molecular complexity index is 767. The highest BCUT2D eigenvalue weighted by Gasteiger charge is 2.13. The minimum atomic E-state index is -0.302. The van der Waals surface area contributed by atoms with Gasteiger partial charge in [-0.2, -0.15) is 5.10 Å². The van der Waals surface area contributed by atoms with Crippen molar-refractivity contribution in [1.82, 2.24) is 25.1 Å². The largest absolute Gasteiger partial charge is 0.349 e. The van der Waals surface area contributed by atoms with Crippen LogP contribution >= 0.6 is 0 Å². The van der Waals surface area contributed by atoms with Gasteiger partial charge in [0.05, 0.1) is 24.1 Å². The summed E-state index contributed by atoms with van der Waals surface area (Å²) >= 11 is 0. The zero-order valence-corrected chi connectivity index (χ0v) is 13.1. The maximum Gasteiger partial charge on any atom is 0.271 e. The molecule has 3 rings (SSSR count). The van der Waals surface area contributed by atoms with Crippen molar-refractivity contribution in [3.8, 4) is 0 Å². The summed E-state index contributed by atoms with van der Waals surface area (Å²) in [5.41, 5.74) is 2.98. The lowest BCUT2D eigenvalue weighted by molar-refractivity contribution is 0.0946. The number of amides is 1. The van der Waals surface area contributed by atoms with Gasteiger partial charge in [0.2, 0.25) is 0 Å². The van der Waals surface area contributed by atoms with Crippen molar-refractivity contribution in [2.75, 3.05) is 6.54 Å². The molecule has 1 amide bonds.